The maximum Gasteiger partial charge on any atom is 0.330 e. The summed E-state index contributed by atoms with van der Waals surface area (Å²) in [4.78, 5) is 43.1. The minimum atomic E-state index is -0.765. The first kappa shape index (κ1) is 23.6. The van der Waals surface area contributed by atoms with Crippen LogP contribution in [-0.4, -0.2) is 42.0 Å². The molecule has 10 heteroatoms. The van der Waals surface area contributed by atoms with Crippen LogP contribution in [0.4, 0.5) is 11.5 Å². The highest BCUT2D eigenvalue weighted by molar-refractivity contribution is 7.98. The molecule has 0 aliphatic heterocycles. The molecule has 3 aromatic rings. The van der Waals surface area contributed by atoms with Crippen molar-refractivity contribution in [1.29, 1.82) is 0 Å². The van der Waals surface area contributed by atoms with E-state index in [0.717, 1.165) is 10.5 Å². The second-order valence-corrected chi connectivity index (χ2v) is 8.15. The average molecular weight is 475 g/mol. The molecule has 0 bridgehead atoms. The normalized spacial score (nSPS) is 10.8. The fraction of sp³-hybridized carbons (Fsp3) is 0.227. The summed E-state index contributed by atoms with van der Waals surface area (Å²) in [6, 6.07) is 14.3. The topological polar surface area (TPSA) is 110 Å². The van der Waals surface area contributed by atoms with E-state index in [1.165, 1.54) is 28.3 Å². The molecule has 0 aliphatic rings. The molecule has 32 heavy (non-hydrogen) atoms. The van der Waals surface area contributed by atoms with Crippen molar-refractivity contribution in [2.24, 2.45) is 0 Å². The standard InChI is InChI=1S/C22H23ClN4O4S/c1-31-11-10-26(21(29)16-12-15(32-2)8-9-17(16)23)18-19(24)27(22(30)25-20(18)28)13-14-6-4-3-5-7-14/h3-9,12H,10-11,13,24H2,1-2H3,(H,25,28,30). The molecule has 0 fully saturated rings. The lowest BCUT2D eigenvalue weighted by Gasteiger charge is -2.25. The lowest BCUT2D eigenvalue weighted by atomic mass is 10.2. The van der Waals surface area contributed by atoms with Crippen LogP contribution in [0.1, 0.15) is 15.9 Å². The van der Waals surface area contributed by atoms with E-state index in [0.29, 0.717) is 0 Å². The van der Waals surface area contributed by atoms with Gasteiger partial charge in [-0.25, -0.2) is 4.79 Å². The van der Waals surface area contributed by atoms with Gasteiger partial charge in [-0.1, -0.05) is 41.9 Å². The summed E-state index contributed by atoms with van der Waals surface area (Å²) in [5, 5.41) is 0.239. The van der Waals surface area contributed by atoms with Gasteiger partial charge < -0.3 is 10.5 Å². The maximum absolute atomic E-state index is 13.5. The Morgan fingerprint density at radius 2 is 1.94 bits per heavy atom. The van der Waals surface area contributed by atoms with Crippen LogP contribution >= 0.6 is 23.4 Å². The molecule has 0 aliphatic carbocycles. The molecule has 0 saturated heterocycles. The summed E-state index contributed by atoms with van der Waals surface area (Å²) in [7, 11) is 1.48. The highest BCUT2D eigenvalue weighted by Crippen LogP contribution is 2.27. The van der Waals surface area contributed by atoms with E-state index < -0.39 is 17.2 Å². The third-order valence-electron chi connectivity index (χ3n) is 4.84. The van der Waals surface area contributed by atoms with Crippen LogP contribution in [0, 0.1) is 0 Å². The molecular weight excluding hydrogens is 452 g/mol. The van der Waals surface area contributed by atoms with Crippen LogP contribution in [0.25, 0.3) is 0 Å². The quantitative estimate of drug-likeness (QED) is 0.486. The van der Waals surface area contributed by atoms with E-state index in [2.05, 4.69) is 4.98 Å². The van der Waals surface area contributed by atoms with Gasteiger partial charge in [0.25, 0.3) is 11.5 Å². The summed E-state index contributed by atoms with van der Waals surface area (Å²) in [6.45, 7) is 0.304. The smallest absolute Gasteiger partial charge is 0.330 e. The molecule has 1 aromatic heterocycles. The van der Waals surface area contributed by atoms with E-state index in [1.807, 2.05) is 36.6 Å². The summed E-state index contributed by atoms with van der Waals surface area (Å²) >= 11 is 7.75. The number of halogens is 1. The lowest BCUT2D eigenvalue weighted by molar-refractivity contribution is 0.0975. The predicted molar refractivity (Wildman–Crippen MR) is 128 cm³/mol. The molecule has 168 valence electrons. The Morgan fingerprint density at radius 3 is 2.59 bits per heavy atom. The molecule has 0 spiro atoms. The van der Waals surface area contributed by atoms with Crippen LogP contribution in [-0.2, 0) is 11.3 Å². The van der Waals surface area contributed by atoms with Crippen molar-refractivity contribution in [2.75, 3.05) is 37.2 Å². The first-order chi connectivity index (χ1) is 15.4. The van der Waals surface area contributed by atoms with Crippen molar-refractivity contribution >= 4 is 40.8 Å². The number of ether oxygens (including phenoxy) is 1. The number of nitrogens with zero attached hydrogens (tertiary/aromatic N) is 2. The number of nitrogens with one attached hydrogen (secondary N) is 1. The minimum Gasteiger partial charge on any atom is -0.383 e. The number of aromatic amines is 1. The highest BCUT2D eigenvalue weighted by Gasteiger charge is 2.26. The number of H-pyrrole nitrogens is 1. The van der Waals surface area contributed by atoms with Gasteiger partial charge in [-0.2, -0.15) is 0 Å². The number of hydrogen-bond donors (Lipinski definition) is 2. The Labute approximate surface area is 194 Å². The third-order valence-corrected chi connectivity index (χ3v) is 5.89. The van der Waals surface area contributed by atoms with Crippen LogP contribution < -0.4 is 21.9 Å². The fourth-order valence-corrected chi connectivity index (χ4v) is 3.84. The number of aromatic nitrogens is 2. The Morgan fingerprint density at radius 1 is 1.22 bits per heavy atom. The predicted octanol–water partition coefficient (Wildman–Crippen LogP) is 2.84. The van der Waals surface area contributed by atoms with Crippen molar-refractivity contribution < 1.29 is 9.53 Å². The number of carbonyl (C=O) groups is 1. The van der Waals surface area contributed by atoms with Gasteiger partial charge in [-0.05, 0) is 30.0 Å². The molecule has 0 unspecified atom stereocenters. The molecule has 0 radical (unpaired) electrons. The molecule has 3 N–H and O–H groups in total. The maximum atomic E-state index is 13.5. The Hall–Kier alpha value is -3.01. The van der Waals surface area contributed by atoms with Crippen molar-refractivity contribution in [3.05, 3.63) is 85.5 Å². The van der Waals surface area contributed by atoms with Gasteiger partial charge in [-0.3, -0.25) is 24.0 Å². The largest absolute Gasteiger partial charge is 0.383 e. The SMILES string of the molecule is COCCN(C(=O)c1cc(SC)ccc1Cl)c1c(N)n(Cc2ccccc2)c(=O)[nH]c1=O. The zero-order valence-electron chi connectivity index (χ0n) is 17.6. The van der Waals surface area contributed by atoms with E-state index >= 15 is 0 Å². The van der Waals surface area contributed by atoms with Gasteiger partial charge in [0.2, 0.25) is 0 Å². The number of thioether (sulfide) groups is 1. The number of rotatable bonds is 8. The van der Waals surface area contributed by atoms with Gasteiger partial charge >= 0.3 is 5.69 Å². The van der Waals surface area contributed by atoms with Crippen molar-refractivity contribution in [1.82, 2.24) is 9.55 Å². The molecule has 2 aromatic carbocycles. The van der Waals surface area contributed by atoms with Crippen molar-refractivity contribution in [3.8, 4) is 0 Å². The molecule has 8 nitrogen and oxygen atoms in total. The van der Waals surface area contributed by atoms with E-state index in [1.54, 1.807) is 18.2 Å². The van der Waals surface area contributed by atoms with Gasteiger partial charge in [0.05, 0.1) is 23.7 Å². The zero-order valence-corrected chi connectivity index (χ0v) is 19.2. The van der Waals surface area contributed by atoms with E-state index in [9.17, 15) is 14.4 Å². The summed E-state index contributed by atoms with van der Waals surface area (Å²) < 4.78 is 6.35. The monoisotopic (exact) mass is 474 g/mol. The second kappa shape index (κ2) is 10.5. The van der Waals surface area contributed by atoms with E-state index in [-0.39, 0.29) is 41.8 Å². The minimum absolute atomic E-state index is 0.0337. The average Bonchev–Trinajstić information content (AvgIpc) is 2.79. The number of carbonyl (C=O) groups excluding carboxylic acids is 1. The lowest BCUT2D eigenvalue weighted by Crippen LogP contribution is -2.42. The van der Waals surface area contributed by atoms with Crippen LogP contribution in [0.2, 0.25) is 5.02 Å². The Kier molecular flexibility index (Phi) is 7.79. The molecule has 1 heterocycles. The summed E-state index contributed by atoms with van der Waals surface area (Å²) in [5.74, 6) is -0.644. The summed E-state index contributed by atoms with van der Waals surface area (Å²) in [6.07, 6.45) is 1.88. The molecule has 3 rings (SSSR count). The first-order valence-electron chi connectivity index (χ1n) is 9.68. The number of amides is 1. The number of methoxy groups -OCH3 is 1. The van der Waals surface area contributed by atoms with Gasteiger partial charge in [0.15, 0.2) is 5.69 Å². The van der Waals surface area contributed by atoms with Crippen LogP contribution in [0.5, 0.6) is 0 Å². The second-order valence-electron chi connectivity index (χ2n) is 6.86. The highest BCUT2D eigenvalue weighted by atomic mass is 35.5. The van der Waals surface area contributed by atoms with Gasteiger partial charge in [-0.15, -0.1) is 11.8 Å². The van der Waals surface area contributed by atoms with Crippen molar-refractivity contribution in [3.63, 3.8) is 0 Å². The third kappa shape index (κ3) is 5.07. The first-order valence-corrected chi connectivity index (χ1v) is 11.3. The molecular formula is C22H23ClN4O4S. The molecule has 0 saturated carbocycles. The number of nitrogen functional groups attached to an aromatic ring is 1. The number of anilines is 2. The summed E-state index contributed by atoms with van der Waals surface area (Å²) in [5.41, 5.74) is 5.75. The van der Waals surface area contributed by atoms with Gasteiger partial charge in [0, 0.05) is 18.6 Å². The Balaban J connectivity index is 2.13. The van der Waals surface area contributed by atoms with Gasteiger partial charge in [0.1, 0.15) is 5.82 Å². The van der Waals surface area contributed by atoms with Crippen molar-refractivity contribution in [2.45, 2.75) is 11.4 Å². The van der Waals surface area contributed by atoms with Crippen LogP contribution in [0.15, 0.2) is 63.0 Å². The number of benzene rings is 2. The number of hydrogen-bond acceptors (Lipinski definition) is 6. The number of nitrogens with two attached hydrogens (primary N) is 1. The zero-order chi connectivity index (χ0) is 23.3. The Bertz CT molecular complexity index is 1230. The fourth-order valence-electron chi connectivity index (χ4n) is 3.20. The van der Waals surface area contributed by atoms with E-state index in [4.69, 9.17) is 22.1 Å². The molecule has 0 atom stereocenters. The molecule has 1 amide bonds. The van der Waals surface area contributed by atoms with Crippen LogP contribution in [0.3, 0.4) is 0 Å².